The molecule has 1 aromatic heterocycles. The summed E-state index contributed by atoms with van der Waals surface area (Å²) in [6.45, 7) is 0. The van der Waals surface area contributed by atoms with Gasteiger partial charge in [0.1, 0.15) is 0 Å². The number of aromatic nitrogens is 1. The van der Waals surface area contributed by atoms with E-state index in [2.05, 4.69) is 20.5 Å². The summed E-state index contributed by atoms with van der Waals surface area (Å²) in [6, 6.07) is 14.1. The standard InChI is InChI=1S/C21H14ClF3N4O2/c22-17-9-8-14(11-16(17)21(23,24)25)28-29-18(19(30)13-5-2-1-3-6-13)20(31)27-15-7-4-10-26-12-15/h1-12,30H,(H,27,31). The lowest BCUT2D eigenvalue weighted by atomic mass is 10.1. The van der Waals surface area contributed by atoms with E-state index in [0.29, 0.717) is 11.8 Å². The molecule has 0 aliphatic heterocycles. The lowest BCUT2D eigenvalue weighted by molar-refractivity contribution is -0.137. The summed E-state index contributed by atoms with van der Waals surface area (Å²) < 4.78 is 39.2. The number of anilines is 1. The van der Waals surface area contributed by atoms with E-state index in [1.54, 1.807) is 30.3 Å². The largest absolute Gasteiger partial charge is 0.505 e. The number of nitrogens with one attached hydrogen (secondary N) is 1. The molecule has 1 heterocycles. The summed E-state index contributed by atoms with van der Waals surface area (Å²) in [7, 11) is 0. The predicted molar refractivity (Wildman–Crippen MR) is 110 cm³/mol. The zero-order chi connectivity index (χ0) is 22.4. The summed E-state index contributed by atoms with van der Waals surface area (Å²) in [4.78, 5) is 16.6. The quantitative estimate of drug-likeness (QED) is 0.270. The van der Waals surface area contributed by atoms with Crippen molar-refractivity contribution in [1.82, 2.24) is 4.98 Å². The summed E-state index contributed by atoms with van der Waals surface area (Å²) in [5, 5.41) is 20.0. The van der Waals surface area contributed by atoms with Crippen molar-refractivity contribution in [3.8, 4) is 0 Å². The van der Waals surface area contributed by atoms with Gasteiger partial charge in [-0.1, -0.05) is 41.9 Å². The van der Waals surface area contributed by atoms with Gasteiger partial charge in [-0.3, -0.25) is 9.78 Å². The molecule has 0 saturated carbocycles. The molecule has 0 aliphatic rings. The molecule has 2 N–H and O–H groups in total. The van der Waals surface area contributed by atoms with E-state index >= 15 is 0 Å². The Bertz CT molecular complexity index is 1130. The van der Waals surface area contributed by atoms with Crippen molar-refractivity contribution in [3.63, 3.8) is 0 Å². The van der Waals surface area contributed by atoms with Crippen LogP contribution in [0.15, 0.2) is 89.0 Å². The fraction of sp³-hybridized carbons (Fsp3) is 0.0476. The third kappa shape index (κ3) is 5.67. The number of carbonyl (C=O) groups excluding carboxylic acids is 1. The molecule has 0 aliphatic carbocycles. The summed E-state index contributed by atoms with van der Waals surface area (Å²) >= 11 is 5.60. The minimum Gasteiger partial charge on any atom is -0.505 e. The molecule has 0 saturated heterocycles. The topological polar surface area (TPSA) is 86.9 Å². The summed E-state index contributed by atoms with van der Waals surface area (Å²) in [5.74, 6) is -1.33. The van der Waals surface area contributed by atoms with Gasteiger partial charge in [0.05, 0.1) is 28.2 Å². The number of aliphatic hydroxyl groups is 1. The highest BCUT2D eigenvalue weighted by molar-refractivity contribution is 6.31. The Labute approximate surface area is 179 Å². The maximum atomic E-state index is 13.1. The lowest BCUT2D eigenvalue weighted by Crippen LogP contribution is -2.15. The molecule has 2 aromatic carbocycles. The highest BCUT2D eigenvalue weighted by Crippen LogP contribution is 2.37. The zero-order valence-corrected chi connectivity index (χ0v) is 16.4. The number of azo groups is 1. The van der Waals surface area contributed by atoms with E-state index in [1.165, 1.54) is 30.6 Å². The van der Waals surface area contributed by atoms with Crippen LogP contribution < -0.4 is 5.32 Å². The third-order valence-corrected chi connectivity index (χ3v) is 4.26. The van der Waals surface area contributed by atoms with Crippen LogP contribution in [-0.2, 0) is 11.0 Å². The van der Waals surface area contributed by atoms with Crippen LogP contribution in [0.1, 0.15) is 11.1 Å². The van der Waals surface area contributed by atoms with Gasteiger partial charge in [-0.25, -0.2) is 0 Å². The summed E-state index contributed by atoms with van der Waals surface area (Å²) in [5.41, 5.74) is -1.21. The van der Waals surface area contributed by atoms with E-state index in [9.17, 15) is 23.1 Å². The van der Waals surface area contributed by atoms with Crippen LogP contribution in [0, 0.1) is 0 Å². The Kier molecular flexibility index (Phi) is 6.66. The van der Waals surface area contributed by atoms with E-state index in [1.807, 2.05) is 0 Å². The van der Waals surface area contributed by atoms with Crippen LogP contribution in [0.3, 0.4) is 0 Å². The molecule has 0 fully saturated rings. The first kappa shape index (κ1) is 22.0. The SMILES string of the molecule is O=C(Nc1cccnc1)C(N=Nc1ccc(Cl)c(C(F)(F)F)c1)=C(O)c1ccccc1. The van der Waals surface area contributed by atoms with Gasteiger partial charge in [-0.15, -0.1) is 5.11 Å². The molecule has 0 radical (unpaired) electrons. The summed E-state index contributed by atoms with van der Waals surface area (Å²) in [6.07, 6.45) is -1.81. The Morgan fingerprint density at radius 3 is 2.45 bits per heavy atom. The van der Waals surface area contributed by atoms with Crippen LogP contribution in [-0.4, -0.2) is 16.0 Å². The van der Waals surface area contributed by atoms with Crippen molar-refractivity contribution in [2.45, 2.75) is 6.18 Å². The van der Waals surface area contributed by atoms with Crippen LogP contribution in [0.5, 0.6) is 0 Å². The Morgan fingerprint density at radius 1 is 1.06 bits per heavy atom. The maximum absolute atomic E-state index is 13.1. The Hall–Kier alpha value is -3.72. The van der Waals surface area contributed by atoms with Crippen molar-refractivity contribution >= 4 is 34.6 Å². The van der Waals surface area contributed by atoms with Crippen molar-refractivity contribution < 1.29 is 23.1 Å². The normalized spacial score (nSPS) is 12.5. The fourth-order valence-corrected chi connectivity index (χ4v) is 2.69. The molecule has 0 unspecified atom stereocenters. The molecule has 0 spiro atoms. The number of alkyl halides is 3. The van der Waals surface area contributed by atoms with Gasteiger partial charge in [0.2, 0.25) is 0 Å². The first-order chi connectivity index (χ1) is 14.8. The molecule has 0 bridgehead atoms. The number of rotatable bonds is 5. The van der Waals surface area contributed by atoms with Crippen molar-refractivity contribution in [2.75, 3.05) is 5.32 Å². The number of carbonyl (C=O) groups is 1. The molecule has 3 rings (SSSR count). The molecular formula is C21H14ClF3N4O2. The molecule has 1 amide bonds. The zero-order valence-electron chi connectivity index (χ0n) is 15.6. The van der Waals surface area contributed by atoms with E-state index in [4.69, 9.17) is 11.6 Å². The predicted octanol–water partition coefficient (Wildman–Crippen LogP) is 6.40. The fourth-order valence-electron chi connectivity index (χ4n) is 2.46. The Morgan fingerprint density at radius 2 is 1.81 bits per heavy atom. The van der Waals surface area contributed by atoms with Gasteiger partial charge >= 0.3 is 6.18 Å². The van der Waals surface area contributed by atoms with Gasteiger partial charge in [0.15, 0.2) is 11.5 Å². The molecule has 0 atom stereocenters. The number of halogens is 4. The number of nitrogens with zero attached hydrogens (tertiary/aromatic N) is 3. The number of pyridine rings is 1. The lowest BCUT2D eigenvalue weighted by Gasteiger charge is -2.09. The average molecular weight is 447 g/mol. The minimum atomic E-state index is -4.69. The number of amides is 1. The second kappa shape index (κ2) is 9.40. The van der Waals surface area contributed by atoms with Gasteiger partial charge in [-0.05, 0) is 30.3 Å². The maximum Gasteiger partial charge on any atom is 0.417 e. The Balaban J connectivity index is 2.00. The molecule has 158 valence electrons. The molecule has 31 heavy (non-hydrogen) atoms. The third-order valence-electron chi connectivity index (χ3n) is 3.93. The first-order valence-electron chi connectivity index (χ1n) is 8.74. The number of hydrogen-bond acceptors (Lipinski definition) is 5. The highest BCUT2D eigenvalue weighted by atomic mass is 35.5. The molecule has 3 aromatic rings. The van der Waals surface area contributed by atoms with Gasteiger partial charge in [0, 0.05) is 11.8 Å². The minimum absolute atomic E-state index is 0.204. The number of hydrogen-bond donors (Lipinski definition) is 2. The van der Waals surface area contributed by atoms with E-state index < -0.39 is 34.1 Å². The second-order valence-electron chi connectivity index (χ2n) is 6.12. The molecule has 10 heteroatoms. The van der Waals surface area contributed by atoms with Crippen LogP contribution in [0.4, 0.5) is 24.5 Å². The number of benzene rings is 2. The first-order valence-corrected chi connectivity index (χ1v) is 9.12. The molecule has 6 nitrogen and oxygen atoms in total. The van der Waals surface area contributed by atoms with Gasteiger partial charge in [-0.2, -0.15) is 18.3 Å². The van der Waals surface area contributed by atoms with Crippen LogP contribution >= 0.6 is 11.6 Å². The van der Waals surface area contributed by atoms with Gasteiger partial charge < -0.3 is 10.4 Å². The van der Waals surface area contributed by atoms with Crippen molar-refractivity contribution in [3.05, 3.63) is 94.9 Å². The molecular weight excluding hydrogens is 433 g/mol. The van der Waals surface area contributed by atoms with E-state index in [0.717, 1.165) is 6.07 Å². The van der Waals surface area contributed by atoms with Crippen LogP contribution in [0.25, 0.3) is 5.76 Å². The smallest absolute Gasteiger partial charge is 0.417 e. The van der Waals surface area contributed by atoms with Crippen LogP contribution in [0.2, 0.25) is 5.02 Å². The van der Waals surface area contributed by atoms with Crippen molar-refractivity contribution in [1.29, 1.82) is 0 Å². The second-order valence-corrected chi connectivity index (χ2v) is 6.53. The monoisotopic (exact) mass is 446 g/mol. The highest BCUT2D eigenvalue weighted by Gasteiger charge is 2.33. The van der Waals surface area contributed by atoms with E-state index in [-0.39, 0.29) is 11.3 Å². The average Bonchev–Trinajstić information content (AvgIpc) is 2.75. The number of aliphatic hydroxyl groups excluding tert-OH is 1. The van der Waals surface area contributed by atoms with Crippen molar-refractivity contribution in [2.24, 2.45) is 10.2 Å². The van der Waals surface area contributed by atoms with Gasteiger partial charge in [0.25, 0.3) is 5.91 Å².